The van der Waals surface area contributed by atoms with Crippen molar-refractivity contribution in [2.24, 2.45) is 0 Å². The Morgan fingerprint density at radius 2 is 1.32 bits per heavy atom. The maximum atomic E-state index is 14.5. The van der Waals surface area contributed by atoms with E-state index in [1.165, 1.54) is 6.08 Å². The fourth-order valence-electron chi connectivity index (χ4n) is 2.64. The Bertz CT molecular complexity index is 1050. The molecule has 0 N–H and O–H groups in total. The second-order valence-electron chi connectivity index (χ2n) is 6.18. The molecule has 5 heteroatoms. The zero-order chi connectivity index (χ0) is 20.3. The lowest BCUT2D eigenvalue weighted by Crippen LogP contribution is -1.92. The van der Waals surface area contributed by atoms with E-state index < -0.39 is 11.6 Å². The molecule has 0 saturated carbocycles. The molecule has 0 radical (unpaired) electrons. The maximum Gasteiger partial charge on any atom is 0.166 e. The molecule has 3 rings (SSSR count). The molecular formula is C23H15Br2ClF2. The molecule has 0 nitrogen and oxygen atoms in total. The van der Waals surface area contributed by atoms with Crippen LogP contribution >= 0.6 is 43.5 Å². The molecule has 0 fully saturated rings. The fourth-order valence-corrected chi connectivity index (χ4v) is 3.59. The van der Waals surface area contributed by atoms with Gasteiger partial charge >= 0.3 is 0 Å². The van der Waals surface area contributed by atoms with E-state index in [4.69, 9.17) is 11.6 Å². The van der Waals surface area contributed by atoms with Gasteiger partial charge in [-0.05, 0) is 57.7 Å². The predicted molar refractivity (Wildman–Crippen MR) is 122 cm³/mol. The minimum atomic E-state index is -0.889. The van der Waals surface area contributed by atoms with Crippen LogP contribution in [0.25, 0.3) is 24.3 Å². The van der Waals surface area contributed by atoms with E-state index in [1.807, 2.05) is 25.1 Å². The highest BCUT2D eigenvalue weighted by molar-refractivity contribution is 9.10. The SMILES string of the molecule is Cc1cccc(/C=C\c2ccc(/C=C\c3cc(Cl)ccc3Br)c(F)c2F)c1Br. The van der Waals surface area contributed by atoms with Gasteiger partial charge in [0.25, 0.3) is 0 Å². The highest BCUT2D eigenvalue weighted by atomic mass is 79.9. The van der Waals surface area contributed by atoms with Gasteiger partial charge in [0.05, 0.1) is 0 Å². The summed E-state index contributed by atoms with van der Waals surface area (Å²) < 4.78 is 30.8. The van der Waals surface area contributed by atoms with Crippen LogP contribution in [0.1, 0.15) is 27.8 Å². The van der Waals surface area contributed by atoms with Crippen molar-refractivity contribution < 1.29 is 8.78 Å². The van der Waals surface area contributed by atoms with E-state index in [9.17, 15) is 8.78 Å². The molecule has 0 saturated heterocycles. The van der Waals surface area contributed by atoms with Crippen molar-refractivity contribution in [1.29, 1.82) is 0 Å². The lowest BCUT2D eigenvalue weighted by molar-refractivity contribution is 0.505. The molecule has 0 atom stereocenters. The average Bonchev–Trinajstić information content (AvgIpc) is 2.67. The second-order valence-corrected chi connectivity index (χ2v) is 8.27. The van der Waals surface area contributed by atoms with Gasteiger partial charge in [-0.2, -0.15) is 0 Å². The van der Waals surface area contributed by atoms with E-state index in [1.54, 1.807) is 48.6 Å². The third-order valence-electron chi connectivity index (χ3n) is 4.21. The van der Waals surface area contributed by atoms with E-state index in [2.05, 4.69) is 31.9 Å². The van der Waals surface area contributed by atoms with Gasteiger partial charge in [-0.3, -0.25) is 0 Å². The Balaban J connectivity index is 1.89. The van der Waals surface area contributed by atoms with Crippen LogP contribution in [0.15, 0.2) is 57.5 Å². The smallest absolute Gasteiger partial charge is 0.166 e. The Morgan fingerprint density at radius 1 is 0.750 bits per heavy atom. The molecule has 142 valence electrons. The van der Waals surface area contributed by atoms with Crippen LogP contribution in [0.3, 0.4) is 0 Å². The molecule has 0 spiro atoms. The first-order chi connectivity index (χ1) is 13.4. The molecular weight excluding hydrogens is 510 g/mol. The van der Waals surface area contributed by atoms with Gasteiger partial charge in [0.15, 0.2) is 11.6 Å². The average molecular weight is 525 g/mol. The summed E-state index contributed by atoms with van der Waals surface area (Å²) in [6, 6.07) is 14.2. The quantitative estimate of drug-likeness (QED) is 0.299. The van der Waals surface area contributed by atoms with Crippen LogP contribution < -0.4 is 0 Å². The molecule has 3 aromatic carbocycles. The van der Waals surface area contributed by atoms with Gasteiger partial charge in [-0.25, -0.2) is 8.78 Å². The molecule has 28 heavy (non-hydrogen) atoms. The standard InChI is InChI=1S/C23H15Br2ClF2/c1-14-3-2-4-15(21(14)25)5-6-16-7-8-17(23(28)22(16)27)9-10-18-13-19(26)11-12-20(18)24/h2-13H,1H3/b6-5-,10-9-. The largest absolute Gasteiger partial charge is 0.203 e. The Kier molecular flexibility index (Phi) is 6.86. The van der Waals surface area contributed by atoms with Crippen LogP contribution in [-0.2, 0) is 0 Å². The fraction of sp³-hybridized carbons (Fsp3) is 0.0435. The Morgan fingerprint density at radius 3 is 1.96 bits per heavy atom. The monoisotopic (exact) mass is 522 g/mol. The molecule has 3 aromatic rings. The molecule has 0 aliphatic carbocycles. The molecule has 0 aliphatic heterocycles. The first kappa shape index (κ1) is 21.0. The van der Waals surface area contributed by atoms with Crippen molar-refractivity contribution in [3.8, 4) is 0 Å². The zero-order valence-electron chi connectivity index (χ0n) is 14.8. The van der Waals surface area contributed by atoms with Gasteiger partial charge in [0, 0.05) is 25.1 Å². The highest BCUT2D eigenvalue weighted by Crippen LogP contribution is 2.26. The van der Waals surface area contributed by atoms with Crippen LogP contribution in [0, 0.1) is 18.6 Å². The lowest BCUT2D eigenvalue weighted by Gasteiger charge is -2.05. The van der Waals surface area contributed by atoms with Crippen molar-refractivity contribution in [1.82, 2.24) is 0 Å². The van der Waals surface area contributed by atoms with Crippen LogP contribution in [0.4, 0.5) is 8.78 Å². The summed E-state index contributed by atoms with van der Waals surface area (Å²) >= 11 is 12.9. The van der Waals surface area contributed by atoms with Crippen molar-refractivity contribution >= 4 is 67.8 Å². The lowest BCUT2D eigenvalue weighted by atomic mass is 10.1. The first-order valence-corrected chi connectivity index (χ1v) is 10.4. The summed E-state index contributed by atoms with van der Waals surface area (Å²) in [4.78, 5) is 0. The zero-order valence-corrected chi connectivity index (χ0v) is 18.7. The molecule has 0 amide bonds. The van der Waals surface area contributed by atoms with Crippen LogP contribution in [0.5, 0.6) is 0 Å². The molecule has 0 bridgehead atoms. The molecule has 0 aromatic heterocycles. The maximum absolute atomic E-state index is 14.5. The number of hydrogen-bond acceptors (Lipinski definition) is 0. The highest BCUT2D eigenvalue weighted by Gasteiger charge is 2.10. The topological polar surface area (TPSA) is 0 Å². The minimum Gasteiger partial charge on any atom is -0.203 e. The summed E-state index contributed by atoms with van der Waals surface area (Å²) in [5.74, 6) is -1.77. The van der Waals surface area contributed by atoms with Crippen LogP contribution in [0.2, 0.25) is 5.02 Å². The summed E-state index contributed by atoms with van der Waals surface area (Å²) in [5.41, 5.74) is 3.10. The second kappa shape index (κ2) is 9.17. The summed E-state index contributed by atoms with van der Waals surface area (Å²) in [6.45, 7) is 1.97. The first-order valence-electron chi connectivity index (χ1n) is 8.41. The number of benzene rings is 3. The normalized spacial score (nSPS) is 11.6. The Hall–Kier alpha value is -1.75. The van der Waals surface area contributed by atoms with Crippen molar-refractivity contribution in [2.45, 2.75) is 6.92 Å². The minimum absolute atomic E-state index is 0.165. The van der Waals surface area contributed by atoms with E-state index in [-0.39, 0.29) is 11.1 Å². The van der Waals surface area contributed by atoms with E-state index >= 15 is 0 Å². The van der Waals surface area contributed by atoms with Gasteiger partial charge in [0.2, 0.25) is 0 Å². The van der Waals surface area contributed by atoms with Crippen molar-refractivity contribution in [2.75, 3.05) is 0 Å². The number of halogens is 5. The predicted octanol–water partition coefficient (Wildman–Crippen LogP) is 8.79. The molecule has 0 aliphatic rings. The van der Waals surface area contributed by atoms with Gasteiger partial charge in [-0.15, -0.1) is 0 Å². The number of aryl methyl sites for hydroxylation is 1. The Labute approximate surface area is 184 Å². The number of hydrogen-bond donors (Lipinski definition) is 0. The van der Waals surface area contributed by atoms with Gasteiger partial charge in [-0.1, -0.05) is 82.2 Å². The number of rotatable bonds is 4. The van der Waals surface area contributed by atoms with Crippen LogP contribution in [-0.4, -0.2) is 0 Å². The van der Waals surface area contributed by atoms with Gasteiger partial charge < -0.3 is 0 Å². The van der Waals surface area contributed by atoms with E-state index in [0.29, 0.717) is 5.02 Å². The van der Waals surface area contributed by atoms with Crippen molar-refractivity contribution in [3.05, 3.63) is 102 Å². The third-order valence-corrected chi connectivity index (χ3v) is 6.25. The molecule has 0 heterocycles. The van der Waals surface area contributed by atoms with E-state index in [0.717, 1.165) is 25.6 Å². The summed E-state index contributed by atoms with van der Waals surface area (Å²) in [6.07, 6.45) is 6.54. The third kappa shape index (κ3) is 4.80. The van der Waals surface area contributed by atoms with Gasteiger partial charge in [0.1, 0.15) is 0 Å². The molecule has 0 unspecified atom stereocenters. The summed E-state index contributed by atoms with van der Waals surface area (Å²) in [7, 11) is 0. The van der Waals surface area contributed by atoms with Crippen molar-refractivity contribution in [3.63, 3.8) is 0 Å². The summed E-state index contributed by atoms with van der Waals surface area (Å²) in [5, 5.41) is 0.567.